The average Bonchev–Trinajstić information content (AvgIpc) is 3.03. The topological polar surface area (TPSA) is 68.9 Å². The van der Waals surface area contributed by atoms with Crippen LogP contribution in [-0.2, 0) is 11.3 Å². The molecule has 1 aliphatic heterocycles. The Morgan fingerprint density at radius 2 is 2.25 bits per heavy atom. The lowest BCUT2D eigenvalue weighted by Gasteiger charge is -2.15. The van der Waals surface area contributed by atoms with Gasteiger partial charge in [0, 0.05) is 18.7 Å². The van der Waals surface area contributed by atoms with E-state index in [1.54, 1.807) is 0 Å². The average molecular weight is 447 g/mol. The SMILES string of the molecule is Cc1ccc(CN=C(N)NCC(C)C)c(OCC2CCCO2)c1.I. The summed E-state index contributed by atoms with van der Waals surface area (Å²) in [5.41, 5.74) is 8.12. The van der Waals surface area contributed by atoms with Crippen molar-refractivity contribution in [1.29, 1.82) is 0 Å². The van der Waals surface area contributed by atoms with Crippen molar-refractivity contribution < 1.29 is 9.47 Å². The second-order valence-corrected chi connectivity index (χ2v) is 6.53. The van der Waals surface area contributed by atoms with Gasteiger partial charge in [0.25, 0.3) is 0 Å². The van der Waals surface area contributed by atoms with Crippen LogP contribution < -0.4 is 15.8 Å². The summed E-state index contributed by atoms with van der Waals surface area (Å²) < 4.78 is 11.6. The Bertz CT molecular complexity index is 529. The Morgan fingerprint density at radius 1 is 1.46 bits per heavy atom. The largest absolute Gasteiger partial charge is 0.491 e. The first-order valence-corrected chi connectivity index (χ1v) is 8.42. The fourth-order valence-corrected chi connectivity index (χ4v) is 2.42. The fraction of sp³-hybridized carbons (Fsp3) is 0.611. The molecule has 0 amide bonds. The number of ether oxygens (including phenoxy) is 2. The van der Waals surface area contributed by atoms with Gasteiger partial charge in [-0.3, -0.25) is 0 Å². The molecule has 0 aromatic heterocycles. The van der Waals surface area contributed by atoms with Crippen molar-refractivity contribution >= 4 is 29.9 Å². The summed E-state index contributed by atoms with van der Waals surface area (Å²) in [7, 11) is 0. The number of nitrogens with one attached hydrogen (secondary N) is 1. The highest BCUT2D eigenvalue weighted by Gasteiger charge is 2.16. The minimum atomic E-state index is 0. The first-order valence-electron chi connectivity index (χ1n) is 8.42. The standard InChI is InChI=1S/C18H29N3O2.HI/c1-13(2)10-20-18(19)21-11-15-7-6-14(3)9-17(15)23-12-16-5-4-8-22-16;/h6-7,9,13,16H,4-5,8,10-12H2,1-3H3,(H3,19,20,21);1H. The molecule has 1 unspecified atom stereocenters. The molecule has 0 saturated carbocycles. The molecule has 3 N–H and O–H groups in total. The van der Waals surface area contributed by atoms with E-state index in [4.69, 9.17) is 15.2 Å². The molecular formula is C18H30IN3O2. The maximum absolute atomic E-state index is 5.98. The molecule has 0 aliphatic carbocycles. The monoisotopic (exact) mass is 447 g/mol. The minimum absolute atomic E-state index is 0. The van der Waals surface area contributed by atoms with Crippen LogP contribution in [0.15, 0.2) is 23.2 Å². The zero-order valence-electron chi connectivity index (χ0n) is 14.9. The van der Waals surface area contributed by atoms with Crippen LogP contribution in [0.5, 0.6) is 5.75 Å². The lowest BCUT2D eigenvalue weighted by atomic mass is 10.1. The summed E-state index contributed by atoms with van der Waals surface area (Å²) in [6.45, 7) is 9.11. The summed E-state index contributed by atoms with van der Waals surface area (Å²) in [4.78, 5) is 4.41. The van der Waals surface area contributed by atoms with Crippen LogP contribution in [0.3, 0.4) is 0 Å². The summed E-state index contributed by atoms with van der Waals surface area (Å²) >= 11 is 0. The van der Waals surface area contributed by atoms with Gasteiger partial charge in [0.05, 0.1) is 12.6 Å². The predicted molar refractivity (Wildman–Crippen MR) is 109 cm³/mol. The number of guanidine groups is 1. The highest BCUT2D eigenvalue weighted by Crippen LogP contribution is 2.23. The molecule has 1 heterocycles. The van der Waals surface area contributed by atoms with Gasteiger partial charge in [-0.1, -0.05) is 26.0 Å². The molecule has 2 rings (SSSR count). The van der Waals surface area contributed by atoms with Gasteiger partial charge in [-0.25, -0.2) is 4.99 Å². The molecule has 1 aromatic rings. The van der Waals surface area contributed by atoms with E-state index in [0.29, 0.717) is 25.0 Å². The van der Waals surface area contributed by atoms with Crippen LogP contribution >= 0.6 is 24.0 Å². The molecule has 0 bridgehead atoms. The summed E-state index contributed by atoms with van der Waals surface area (Å²) in [5.74, 6) is 1.89. The van der Waals surface area contributed by atoms with Crippen molar-refractivity contribution in [2.75, 3.05) is 19.8 Å². The summed E-state index contributed by atoms with van der Waals surface area (Å²) in [6, 6.07) is 6.18. The highest BCUT2D eigenvalue weighted by molar-refractivity contribution is 14.0. The van der Waals surface area contributed by atoms with Crippen molar-refractivity contribution in [2.45, 2.75) is 46.3 Å². The van der Waals surface area contributed by atoms with Crippen LogP contribution in [0.1, 0.15) is 37.8 Å². The molecule has 136 valence electrons. The van der Waals surface area contributed by atoms with E-state index in [-0.39, 0.29) is 30.1 Å². The fourth-order valence-electron chi connectivity index (χ4n) is 2.42. The normalized spacial score (nSPS) is 17.7. The van der Waals surface area contributed by atoms with Gasteiger partial charge in [-0.15, -0.1) is 24.0 Å². The van der Waals surface area contributed by atoms with Gasteiger partial charge in [-0.05, 0) is 37.3 Å². The van der Waals surface area contributed by atoms with E-state index in [0.717, 1.165) is 37.3 Å². The number of halogens is 1. The molecule has 6 heteroatoms. The second kappa shape index (κ2) is 10.8. The number of hydrogen-bond acceptors (Lipinski definition) is 3. The van der Waals surface area contributed by atoms with E-state index < -0.39 is 0 Å². The highest BCUT2D eigenvalue weighted by atomic mass is 127. The summed E-state index contributed by atoms with van der Waals surface area (Å²) in [5, 5.41) is 3.13. The van der Waals surface area contributed by atoms with Gasteiger partial charge in [0.2, 0.25) is 0 Å². The number of rotatable bonds is 7. The van der Waals surface area contributed by atoms with E-state index in [1.807, 2.05) is 0 Å². The Balaban J connectivity index is 0.00000288. The van der Waals surface area contributed by atoms with E-state index >= 15 is 0 Å². The number of aliphatic imine (C=N–C) groups is 1. The third-order valence-corrected chi connectivity index (χ3v) is 3.78. The molecule has 0 radical (unpaired) electrons. The quantitative estimate of drug-likeness (QED) is 0.383. The van der Waals surface area contributed by atoms with Gasteiger partial charge in [0.15, 0.2) is 5.96 Å². The van der Waals surface area contributed by atoms with E-state index in [9.17, 15) is 0 Å². The Hall–Kier alpha value is -1.02. The minimum Gasteiger partial charge on any atom is -0.491 e. The number of nitrogens with zero attached hydrogens (tertiary/aromatic N) is 1. The summed E-state index contributed by atoms with van der Waals surface area (Å²) in [6.07, 6.45) is 2.41. The molecule has 1 fully saturated rings. The zero-order valence-corrected chi connectivity index (χ0v) is 17.2. The smallest absolute Gasteiger partial charge is 0.188 e. The number of hydrogen-bond donors (Lipinski definition) is 2. The third-order valence-electron chi connectivity index (χ3n) is 3.78. The predicted octanol–water partition coefficient (Wildman–Crippen LogP) is 3.23. The lowest BCUT2D eigenvalue weighted by Crippen LogP contribution is -2.34. The van der Waals surface area contributed by atoms with Crippen molar-refractivity contribution in [3.05, 3.63) is 29.3 Å². The van der Waals surface area contributed by atoms with Crippen LogP contribution in [0, 0.1) is 12.8 Å². The number of nitrogens with two attached hydrogens (primary N) is 1. The van der Waals surface area contributed by atoms with Crippen LogP contribution in [0.4, 0.5) is 0 Å². The van der Waals surface area contributed by atoms with Crippen LogP contribution in [-0.4, -0.2) is 31.8 Å². The molecule has 24 heavy (non-hydrogen) atoms. The van der Waals surface area contributed by atoms with Crippen LogP contribution in [0.25, 0.3) is 0 Å². The Labute approximate surface area is 162 Å². The first kappa shape index (κ1) is 21.0. The maximum Gasteiger partial charge on any atom is 0.188 e. The van der Waals surface area contributed by atoms with Gasteiger partial charge >= 0.3 is 0 Å². The van der Waals surface area contributed by atoms with Gasteiger partial charge in [0.1, 0.15) is 12.4 Å². The Kier molecular flexibility index (Phi) is 9.43. The maximum atomic E-state index is 5.98. The van der Waals surface area contributed by atoms with Crippen molar-refractivity contribution in [3.8, 4) is 5.75 Å². The van der Waals surface area contributed by atoms with Gasteiger partial charge < -0.3 is 20.5 Å². The third kappa shape index (κ3) is 7.25. The Morgan fingerprint density at radius 3 is 2.92 bits per heavy atom. The lowest BCUT2D eigenvalue weighted by molar-refractivity contribution is 0.0676. The van der Waals surface area contributed by atoms with Crippen LogP contribution in [0.2, 0.25) is 0 Å². The molecule has 1 aromatic carbocycles. The second-order valence-electron chi connectivity index (χ2n) is 6.53. The van der Waals surface area contributed by atoms with Crippen molar-refractivity contribution in [2.24, 2.45) is 16.6 Å². The molecule has 1 atom stereocenters. The molecule has 1 saturated heterocycles. The molecular weight excluding hydrogens is 417 g/mol. The van der Waals surface area contributed by atoms with Gasteiger partial charge in [-0.2, -0.15) is 0 Å². The van der Waals surface area contributed by atoms with Crippen molar-refractivity contribution in [1.82, 2.24) is 5.32 Å². The molecule has 1 aliphatic rings. The number of benzene rings is 1. The molecule has 5 nitrogen and oxygen atoms in total. The van der Waals surface area contributed by atoms with E-state index in [1.165, 1.54) is 5.56 Å². The first-order chi connectivity index (χ1) is 11.0. The number of aryl methyl sites for hydroxylation is 1. The van der Waals surface area contributed by atoms with E-state index in [2.05, 4.69) is 49.3 Å². The zero-order chi connectivity index (χ0) is 16.7. The molecule has 0 spiro atoms. The van der Waals surface area contributed by atoms with Crippen molar-refractivity contribution in [3.63, 3.8) is 0 Å².